The molecule has 0 spiro atoms. The lowest BCUT2D eigenvalue weighted by Crippen LogP contribution is -2.48. The molecule has 0 aliphatic carbocycles. The fraction of sp³-hybridized carbons (Fsp3) is 0.417. The summed E-state index contributed by atoms with van der Waals surface area (Å²) in [6, 6.07) is 11.2. The predicted octanol–water partition coefficient (Wildman–Crippen LogP) is 1.16. The largest absolute Gasteiger partial charge is 0.367 e. The van der Waals surface area contributed by atoms with Crippen LogP contribution in [0.5, 0.6) is 0 Å². The Morgan fingerprint density at radius 1 is 1.27 bits per heavy atom. The van der Waals surface area contributed by atoms with Gasteiger partial charge in [0.15, 0.2) is 0 Å². The van der Waals surface area contributed by atoms with Gasteiger partial charge in [0.25, 0.3) is 0 Å². The van der Waals surface area contributed by atoms with Crippen molar-refractivity contribution in [3.8, 4) is 0 Å². The highest BCUT2D eigenvalue weighted by Gasteiger charge is 2.18. The Morgan fingerprint density at radius 3 is 2.53 bits per heavy atom. The molecule has 2 rings (SSSR count). The number of piperazine rings is 1. The minimum absolute atomic E-state index is 0.173. The molecule has 15 heavy (non-hydrogen) atoms. The van der Waals surface area contributed by atoms with E-state index in [-0.39, 0.29) is 5.91 Å². The SMILES string of the molecule is CC(=O)N1CCN(c2[c]cccc2)CC1. The minimum atomic E-state index is 0.173. The Kier molecular flexibility index (Phi) is 2.90. The lowest BCUT2D eigenvalue weighted by atomic mass is 10.2. The average molecular weight is 203 g/mol. The van der Waals surface area contributed by atoms with Crippen LogP contribution in [-0.4, -0.2) is 37.0 Å². The third-order valence-corrected chi connectivity index (χ3v) is 2.76. The van der Waals surface area contributed by atoms with E-state index in [0.29, 0.717) is 0 Å². The first-order valence-corrected chi connectivity index (χ1v) is 5.24. The third-order valence-electron chi connectivity index (χ3n) is 2.76. The summed E-state index contributed by atoms with van der Waals surface area (Å²) in [5.74, 6) is 0.173. The molecule has 1 aliphatic heterocycles. The number of para-hydroxylation sites is 1. The summed E-state index contributed by atoms with van der Waals surface area (Å²) < 4.78 is 0. The van der Waals surface area contributed by atoms with Gasteiger partial charge >= 0.3 is 0 Å². The van der Waals surface area contributed by atoms with Gasteiger partial charge in [-0.05, 0) is 6.07 Å². The maximum absolute atomic E-state index is 11.1. The van der Waals surface area contributed by atoms with Crippen LogP contribution in [0.1, 0.15) is 6.92 Å². The topological polar surface area (TPSA) is 23.6 Å². The minimum Gasteiger partial charge on any atom is -0.367 e. The summed E-state index contributed by atoms with van der Waals surface area (Å²) in [7, 11) is 0. The van der Waals surface area contributed by atoms with E-state index < -0.39 is 0 Å². The quantitative estimate of drug-likeness (QED) is 0.683. The van der Waals surface area contributed by atoms with Crippen LogP contribution in [0.2, 0.25) is 0 Å². The number of hydrogen-bond acceptors (Lipinski definition) is 2. The zero-order chi connectivity index (χ0) is 10.7. The molecular weight excluding hydrogens is 188 g/mol. The van der Waals surface area contributed by atoms with Gasteiger partial charge in [-0.3, -0.25) is 4.79 Å². The lowest BCUT2D eigenvalue weighted by Gasteiger charge is -2.35. The Labute approximate surface area is 90.3 Å². The van der Waals surface area contributed by atoms with Crippen molar-refractivity contribution in [1.82, 2.24) is 4.90 Å². The molecule has 3 heteroatoms. The first-order chi connectivity index (χ1) is 7.27. The van der Waals surface area contributed by atoms with E-state index in [4.69, 9.17) is 0 Å². The van der Waals surface area contributed by atoms with Crippen LogP contribution in [0.25, 0.3) is 0 Å². The van der Waals surface area contributed by atoms with Crippen molar-refractivity contribution in [3.63, 3.8) is 0 Å². The standard InChI is InChI=1S/C12H15N2O/c1-11(15)13-7-9-14(10-8-13)12-5-3-2-4-6-12/h2-5H,7-10H2,1H3. The first kappa shape index (κ1) is 10.0. The molecule has 1 radical (unpaired) electrons. The van der Waals surface area contributed by atoms with Crippen LogP contribution in [0.3, 0.4) is 0 Å². The summed E-state index contributed by atoms with van der Waals surface area (Å²) in [5.41, 5.74) is 1.13. The molecule has 0 unspecified atom stereocenters. The van der Waals surface area contributed by atoms with Gasteiger partial charge in [-0.25, -0.2) is 0 Å². The molecule has 1 fully saturated rings. The molecular formula is C12H15N2O. The van der Waals surface area contributed by atoms with Crippen molar-refractivity contribution >= 4 is 11.6 Å². The number of carbonyl (C=O) groups excluding carboxylic acids is 1. The van der Waals surface area contributed by atoms with Crippen LogP contribution < -0.4 is 4.90 Å². The van der Waals surface area contributed by atoms with Gasteiger partial charge in [0.05, 0.1) is 0 Å². The molecule has 1 aromatic carbocycles. The van der Waals surface area contributed by atoms with Gasteiger partial charge in [0.2, 0.25) is 5.91 Å². The molecule has 1 heterocycles. The predicted molar refractivity (Wildman–Crippen MR) is 59.7 cm³/mol. The van der Waals surface area contributed by atoms with Crippen LogP contribution >= 0.6 is 0 Å². The third kappa shape index (κ3) is 2.29. The number of rotatable bonds is 1. The van der Waals surface area contributed by atoms with Crippen molar-refractivity contribution in [2.75, 3.05) is 31.1 Å². The zero-order valence-corrected chi connectivity index (χ0v) is 8.94. The first-order valence-electron chi connectivity index (χ1n) is 5.24. The Bertz CT molecular complexity index is 329. The Balaban J connectivity index is 1.97. The fourth-order valence-electron chi connectivity index (χ4n) is 1.84. The van der Waals surface area contributed by atoms with Crippen LogP contribution in [0.4, 0.5) is 5.69 Å². The average Bonchev–Trinajstić information content (AvgIpc) is 2.30. The smallest absolute Gasteiger partial charge is 0.219 e. The van der Waals surface area contributed by atoms with E-state index in [0.717, 1.165) is 31.9 Å². The number of nitrogens with zero attached hydrogens (tertiary/aromatic N) is 2. The summed E-state index contributed by atoms with van der Waals surface area (Å²) in [6.45, 7) is 5.07. The molecule has 0 bridgehead atoms. The molecule has 1 aliphatic rings. The van der Waals surface area contributed by atoms with E-state index in [1.54, 1.807) is 6.92 Å². The number of benzene rings is 1. The second-order valence-corrected chi connectivity index (χ2v) is 3.74. The molecule has 0 saturated carbocycles. The van der Waals surface area contributed by atoms with Crippen molar-refractivity contribution in [2.45, 2.75) is 6.92 Å². The highest BCUT2D eigenvalue weighted by molar-refractivity contribution is 5.73. The molecule has 79 valence electrons. The molecule has 3 nitrogen and oxygen atoms in total. The molecule has 0 aromatic heterocycles. The van der Waals surface area contributed by atoms with Crippen molar-refractivity contribution in [1.29, 1.82) is 0 Å². The van der Waals surface area contributed by atoms with Crippen molar-refractivity contribution in [2.24, 2.45) is 0 Å². The van der Waals surface area contributed by atoms with Crippen LogP contribution in [-0.2, 0) is 4.79 Å². The normalized spacial score (nSPS) is 16.6. The second kappa shape index (κ2) is 4.34. The number of hydrogen-bond donors (Lipinski definition) is 0. The highest BCUT2D eigenvalue weighted by atomic mass is 16.2. The zero-order valence-electron chi connectivity index (χ0n) is 8.94. The lowest BCUT2D eigenvalue weighted by molar-refractivity contribution is -0.129. The van der Waals surface area contributed by atoms with E-state index in [9.17, 15) is 4.79 Å². The van der Waals surface area contributed by atoms with Crippen molar-refractivity contribution < 1.29 is 4.79 Å². The van der Waals surface area contributed by atoms with Gasteiger partial charge in [0.1, 0.15) is 0 Å². The Hall–Kier alpha value is -1.51. The van der Waals surface area contributed by atoms with Gasteiger partial charge in [-0.1, -0.05) is 18.2 Å². The summed E-state index contributed by atoms with van der Waals surface area (Å²) in [6.07, 6.45) is 0. The number of carbonyl (C=O) groups is 1. The van der Waals surface area contributed by atoms with Crippen molar-refractivity contribution in [3.05, 3.63) is 30.3 Å². The molecule has 1 amide bonds. The van der Waals surface area contributed by atoms with Gasteiger partial charge in [0, 0.05) is 44.9 Å². The summed E-state index contributed by atoms with van der Waals surface area (Å²) >= 11 is 0. The maximum atomic E-state index is 11.1. The number of anilines is 1. The van der Waals surface area contributed by atoms with E-state index in [1.807, 2.05) is 23.1 Å². The van der Waals surface area contributed by atoms with Crippen LogP contribution in [0.15, 0.2) is 24.3 Å². The maximum Gasteiger partial charge on any atom is 0.219 e. The van der Waals surface area contributed by atoms with E-state index >= 15 is 0 Å². The fourth-order valence-corrected chi connectivity index (χ4v) is 1.84. The Morgan fingerprint density at radius 2 is 2.00 bits per heavy atom. The molecule has 1 aromatic rings. The molecule has 1 saturated heterocycles. The highest BCUT2D eigenvalue weighted by Crippen LogP contribution is 2.14. The van der Waals surface area contributed by atoms with Crippen LogP contribution in [0, 0.1) is 6.07 Å². The monoisotopic (exact) mass is 203 g/mol. The molecule has 0 N–H and O–H groups in total. The van der Waals surface area contributed by atoms with E-state index in [1.165, 1.54) is 0 Å². The number of amides is 1. The van der Waals surface area contributed by atoms with Gasteiger partial charge < -0.3 is 9.80 Å². The van der Waals surface area contributed by atoms with Gasteiger partial charge in [-0.15, -0.1) is 0 Å². The van der Waals surface area contributed by atoms with Gasteiger partial charge in [-0.2, -0.15) is 0 Å². The summed E-state index contributed by atoms with van der Waals surface area (Å²) in [4.78, 5) is 15.3. The van der Waals surface area contributed by atoms with E-state index in [2.05, 4.69) is 17.0 Å². The summed E-state index contributed by atoms with van der Waals surface area (Å²) in [5, 5.41) is 0. The second-order valence-electron chi connectivity index (χ2n) is 3.74. The molecule has 0 atom stereocenters.